The molecule has 1 amide bonds. The zero-order valence-electron chi connectivity index (χ0n) is 12.3. The van der Waals surface area contributed by atoms with Gasteiger partial charge in [0.1, 0.15) is 5.75 Å². The first-order chi connectivity index (χ1) is 9.89. The van der Waals surface area contributed by atoms with Gasteiger partial charge < -0.3 is 15.7 Å². The number of amides is 1. The number of nitrogens with two attached hydrogens (primary N) is 1. The van der Waals surface area contributed by atoms with Gasteiger partial charge in [0.2, 0.25) is 0 Å². The first kappa shape index (κ1) is 16.1. The molecule has 1 heterocycles. The van der Waals surface area contributed by atoms with Crippen molar-refractivity contribution in [1.82, 2.24) is 4.90 Å². The van der Waals surface area contributed by atoms with Crippen molar-refractivity contribution in [2.45, 2.75) is 24.5 Å². The van der Waals surface area contributed by atoms with Crippen LogP contribution in [0.4, 0.5) is 0 Å². The highest BCUT2D eigenvalue weighted by Gasteiger charge is 2.38. The van der Waals surface area contributed by atoms with E-state index in [4.69, 9.17) is 18.0 Å². The number of phenols is 1. The number of thiocarbonyl (C=S) groups is 1. The molecular weight excluding hydrogens is 304 g/mol. The number of hydrogen-bond donors (Lipinski definition) is 2. The molecule has 1 aliphatic heterocycles. The number of aryl methyl sites for hydroxylation is 1. The van der Waals surface area contributed by atoms with Gasteiger partial charge in [-0.05, 0) is 43.7 Å². The Bertz CT molecular complexity index is 567. The number of likely N-dealkylation sites (tertiary alicyclic amines) is 1. The normalized spacial score (nSPS) is 17.5. The van der Waals surface area contributed by atoms with Crippen molar-refractivity contribution >= 4 is 34.9 Å². The summed E-state index contributed by atoms with van der Waals surface area (Å²) in [5, 5.41) is 9.73. The van der Waals surface area contributed by atoms with E-state index in [0.717, 1.165) is 18.4 Å². The first-order valence-corrected chi connectivity index (χ1v) is 8.47. The van der Waals surface area contributed by atoms with E-state index in [1.54, 1.807) is 35.7 Å². The number of nitrogens with zero attached hydrogens (tertiary/aromatic N) is 1. The van der Waals surface area contributed by atoms with E-state index < -0.39 is 0 Å². The molecule has 4 nitrogen and oxygen atoms in total. The lowest BCUT2D eigenvalue weighted by Crippen LogP contribution is -2.50. The number of thioether (sulfide) groups is 1. The maximum absolute atomic E-state index is 12.5. The van der Waals surface area contributed by atoms with E-state index in [-0.39, 0.29) is 16.4 Å². The molecule has 0 bridgehead atoms. The van der Waals surface area contributed by atoms with E-state index in [2.05, 4.69) is 0 Å². The van der Waals surface area contributed by atoms with E-state index in [9.17, 15) is 9.90 Å². The molecule has 0 aromatic heterocycles. The molecule has 1 aromatic rings. The number of phenolic OH excluding ortho intramolecular Hbond substituents is 1. The third-order valence-corrected chi connectivity index (χ3v) is 6.08. The molecule has 0 radical (unpaired) electrons. The smallest absolute Gasteiger partial charge is 0.253 e. The molecule has 0 spiro atoms. The van der Waals surface area contributed by atoms with Crippen LogP contribution in [0.1, 0.15) is 28.8 Å². The van der Waals surface area contributed by atoms with Crippen LogP contribution in [-0.4, -0.2) is 45.0 Å². The Hall–Kier alpha value is -1.27. The van der Waals surface area contributed by atoms with Gasteiger partial charge in [0.05, 0.1) is 9.74 Å². The number of carbonyl (C=O) groups excluding carboxylic acids is 1. The summed E-state index contributed by atoms with van der Waals surface area (Å²) in [7, 11) is 0. The average Bonchev–Trinajstić information content (AvgIpc) is 2.49. The zero-order valence-corrected chi connectivity index (χ0v) is 13.9. The fourth-order valence-electron chi connectivity index (χ4n) is 2.55. The Morgan fingerprint density at radius 1 is 1.43 bits per heavy atom. The van der Waals surface area contributed by atoms with Crippen molar-refractivity contribution in [3.63, 3.8) is 0 Å². The SMILES string of the molecule is CSC1(C(N)=S)CCN(C(=O)c2ccc(C)c(O)c2)CC1. The quantitative estimate of drug-likeness (QED) is 0.835. The fraction of sp³-hybridized carbons (Fsp3) is 0.467. The van der Waals surface area contributed by atoms with Crippen molar-refractivity contribution in [2.24, 2.45) is 5.73 Å². The zero-order chi connectivity index (χ0) is 15.6. The third kappa shape index (κ3) is 3.16. The van der Waals surface area contributed by atoms with Gasteiger partial charge in [-0.2, -0.15) is 11.8 Å². The molecular formula is C15H20N2O2S2. The highest BCUT2D eigenvalue weighted by atomic mass is 32.2. The average molecular weight is 324 g/mol. The molecule has 1 aliphatic rings. The minimum absolute atomic E-state index is 0.0528. The first-order valence-electron chi connectivity index (χ1n) is 6.83. The molecule has 6 heteroatoms. The second-order valence-corrected chi connectivity index (χ2v) is 6.99. The molecule has 1 fully saturated rings. The maximum Gasteiger partial charge on any atom is 0.253 e. The van der Waals surface area contributed by atoms with Crippen LogP contribution in [0.5, 0.6) is 5.75 Å². The van der Waals surface area contributed by atoms with Crippen molar-refractivity contribution < 1.29 is 9.90 Å². The van der Waals surface area contributed by atoms with Gasteiger partial charge in [0.15, 0.2) is 0 Å². The fourth-order valence-corrected chi connectivity index (χ4v) is 3.79. The van der Waals surface area contributed by atoms with Crippen LogP contribution in [0, 0.1) is 6.92 Å². The molecule has 0 atom stereocenters. The summed E-state index contributed by atoms with van der Waals surface area (Å²) in [6.45, 7) is 3.07. The van der Waals surface area contributed by atoms with Crippen LogP contribution in [-0.2, 0) is 0 Å². The molecule has 1 saturated heterocycles. The van der Waals surface area contributed by atoms with E-state index in [1.807, 2.05) is 6.26 Å². The predicted octanol–water partition coefficient (Wildman–Crippen LogP) is 2.32. The van der Waals surface area contributed by atoms with Gasteiger partial charge >= 0.3 is 0 Å². The van der Waals surface area contributed by atoms with Crippen LogP contribution < -0.4 is 5.73 Å². The van der Waals surface area contributed by atoms with Gasteiger partial charge in [-0.1, -0.05) is 18.3 Å². The predicted molar refractivity (Wildman–Crippen MR) is 91.0 cm³/mol. The standard InChI is InChI=1S/C15H20N2O2S2/c1-10-3-4-11(9-12(10)18)13(19)17-7-5-15(21-2,6-8-17)14(16)20/h3-4,9,18H,5-8H2,1-2H3,(H2,16,20). The molecule has 1 aromatic carbocycles. The van der Waals surface area contributed by atoms with Gasteiger partial charge in [-0.15, -0.1) is 0 Å². The van der Waals surface area contributed by atoms with Gasteiger partial charge in [-0.25, -0.2) is 0 Å². The summed E-state index contributed by atoms with van der Waals surface area (Å²) < 4.78 is -0.193. The van der Waals surface area contributed by atoms with Crippen molar-refractivity contribution in [3.05, 3.63) is 29.3 Å². The second kappa shape index (κ2) is 6.23. The Balaban J connectivity index is 2.09. The topological polar surface area (TPSA) is 66.6 Å². The summed E-state index contributed by atoms with van der Waals surface area (Å²) >= 11 is 6.85. The van der Waals surface area contributed by atoms with Crippen molar-refractivity contribution in [1.29, 1.82) is 0 Å². The number of aromatic hydroxyl groups is 1. The molecule has 114 valence electrons. The van der Waals surface area contributed by atoms with Gasteiger partial charge in [0.25, 0.3) is 5.91 Å². The minimum atomic E-state index is -0.193. The van der Waals surface area contributed by atoms with E-state index in [1.165, 1.54) is 6.07 Å². The van der Waals surface area contributed by atoms with Crippen LogP contribution in [0.15, 0.2) is 18.2 Å². The molecule has 0 unspecified atom stereocenters. The molecule has 3 N–H and O–H groups in total. The Labute approximate surface area is 134 Å². The van der Waals surface area contributed by atoms with E-state index >= 15 is 0 Å². The summed E-state index contributed by atoms with van der Waals surface area (Å²) in [4.78, 5) is 14.8. The van der Waals surface area contributed by atoms with Crippen molar-refractivity contribution in [3.8, 4) is 5.75 Å². The number of piperidine rings is 1. The summed E-state index contributed by atoms with van der Waals surface area (Å²) in [6, 6.07) is 5.04. The number of hydrogen-bond acceptors (Lipinski definition) is 4. The van der Waals surface area contributed by atoms with Crippen LogP contribution in [0.3, 0.4) is 0 Å². The van der Waals surface area contributed by atoms with Crippen LogP contribution in [0.2, 0.25) is 0 Å². The lowest BCUT2D eigenvalue weighted by atomic mass is 9.95. The van der Waals surface area contributed by atoms with Crippen LogP contribution in [0.25, 0.3) is 0 Å². The minimum Gasteiger partial charge on any atom is -0.508 e. The highest BCUT2D eigenvalue weighted by molar-refractivity contribution is 8.02. The van der Waals surface area contributed by atoms with E-state index in [0.29, 0.717) is 23.6 Å². The molecule has 0 aliphatic carbocycles. The largest absolute Gasteiger partial charge is 0.508 e. The van der Waals surface area contributed by atoms with Crippen LogP contribution >= 0.6 is 24.0 Å². The molecule has 21 heavy (non-hydrogen) atoms. The lowest BCUT2D eigenvalue weighted by molar-refractivity contribution is 0.0718. The molecule has 2 rings (SSSR count). The maximum atomic E-state index is 12.5. The number of carbonyl (C=O) groups is 1. The van der Waals surface area contributed by atoms with Crippen molar-refractivity contribution in [2.75, 3.05) is 19.3 Å². The number of benzene rings is 1. The Kier molecular flexibility index (Phi) is 4.78. The van der Waals surface area contributed by atoms with Gasteiger partial charge in [0, 0.05) is 18.7 Å². The lowest BCUT2D eigenvalue weighted by Gasteiger charge is -2.40. The highest BCUT2D eigenvalue weighted by Crippen LogP contribution is 2.35. The second-order valence-electron chi connectivity index (χ2n) is 5.36. The summed E-state index contributed by atoms with van der Waals surface area (Å²) in [5.74, 6) is 0.0994. The van der Waals surface area contributed by atoms with Gasteiger partial charge in [-0.3, -0.25) is 4.79 Å². The Morgan fingerprint density at radius 2 is 2.05 bits per heavy atom. The Morgan fingerprint density at radius 3 is 2.52 bits per heavy atom. The molecule has 0 saturated carbocycles. The third-order valence-electron chi connectivity index (χ3n) is 4.15. The summed E-state index contributed by atoms with van der Waals surface area (Å²) in [6.07, 6.45) is 3.55. The number of rotatable bonds is 3. The monoisotopic (exact) mass is 324 g/mol. The summed E-state index contributed by atoms with van der Waals surface area (Å²) in [5.41, 5.74) is 7.14.